The van der Waals surface area contributed by atoms with Gasteiger partial charge in [-0.3, -0.25) is 9.69 Å². The Bertz CT molecular complexity index is 1080. The van der Waals surface area contributed by atoms with E-state index in [1.165, 1.54) is 44.1 Å². The Morgan fingerprint density at radius 1 is 1.00 bits per heavy atom. The van der Waals surface area contributed by atoms with Crippen molar-refractivity contribution in [1.82, 2.24) is 9.47 Å². The van der Waals surface area contributed by atoms with Crippen molar-refractivity contribution in [3.05, 3.63) is 70.9 Å². The molecule has 0 N–H and O–H groups in total. The number of nitrogens with zero attached hydrogens (tertiary/aromatic N) is 2. The first-order chi connectivity index (χ1) is 15.6. The van der Waals surface area contributed by atoms with E-state index in [1.54, 1.807) is 6.92 Å². The lowest BCUT2D eigenvalue weighted by Crippen LogP contribution is -2.43. The van der Waals surface area contributed by atoms with Gasteiger partial charge in [-0.25, -0.2) is 0 Å². The lowest BCUT2D eigenvalue weighted by Gasteiger charge is -2.39. The highest BCUT2D eigenvalue weighted by molar-refractivity contribution is 6.35. The van der Waals surface area contributed by atoms with Crippen LogP contribution in [0.5, 0.6) is 0 Å². The first-order valence-corrected chi connectivity index (χ1v) is 12.6. The van der Waals surface area contributed by atoms with E-state index in [0.717, 1.165) is 59.0 Å². The van der Waals surface area contributed by atoms with E-state index in [1.807, 2.05) is 24.4 Å². The Morgan fingerprint density at radius 3 is 2.47 bits per heavy atom. The van der Waals surface area contributed by atoms with Crippen LogP contribution in [0.4, 0.5) is 0 Å². The van der Waals surface area contributed by atoms with Crippen LogP contribution in [0.15, 0.2) is 54.7 Å². The topological polar surface area (TPSA) is 25.2 Å². The molecule has 0 amide bonds. The quantitative estimate of drug-likeness (QED) is 0.355. The summed E-state index contributed by atoms with van der Waals surface area (Å²) in [6.45, 7) is 3.68. The number of halogens is 1. The third-order valence-corrected chi connectivity index (χ3v) is 8.01. The fourth-order valence-electron chi connectivity index (χ4n) is 6.20. The van der Waals surface area contributed by atoms with Crippen LogP contribution >= 0.6 is 11.6 Å². The van der Waals surface area contributed by atoms with E-state index in [0.29, 0.717) is 0 Å². The molecular weight excluding hydrogens is 416 g/mol. The highest BCUT2D eigenvalue weighted by atomic mass is 35.5. The molecule has 32 heavy (non-hydrogen) atoms. The second-order valence-corrected chi connectivity index (χ2v) is 10.2. The fourth-order valence-corrected chi connectivity index (χ4v) is 6.48. The van der Waals surface area contributed by atoms with Crippen LogP contribution in [-0.2, 0) is 13.0 Å². The van der Waals surface area contributed by atoms with Crippen molar-refractivity contribution in [2.24, 2.45) is 5.92 Å². The van der Waals surface area contributed by atoms with Gasteiger partial charge in [-0.15, -0.1) is 0 Å². The molecule has 2 bridgehead atoms. The minimum atomic E-state index is 0.103. The molecule has 2 aliphatic heterocycles. The molecule has 2 atom stereocenters. The number of piperidine rings is 1. The number of Topliss-reactive ketones (excluding diaryl/α,β-unsaturated/α-hetero) is 1. The molecule has 2 saturated heterocycles. The first kappa shape index (κ1) is 21.7. The average molecular weight is 449 g/mol. The first-order valence-electron chi connectivity index (χ1n) is 12.2. The van der Waals surface area contributed by atoms with Crippen LogP contribution in [0.2, 0.25) is 5.02 Å². The Kier molecular flexibility index (Phi) is 6.39. The number of benzene rings is 2. The molecule has 3 nitrogen and oxygen atoms in total. The molecular formula is C28H33ClN2O. The van der Waals surface area contributed by atoms with Crippen LogP contribution in [-0.4, -0.2) is 33.9 Å². The van der Waals surface area contributed by atoms with Crippen LogP contribution in [0.25, 0.3) is 10.9 Å². The van der Waals surface area contributed by atoms with Gasteiger partial charge in [0.05, 0.1) is 10.5 Å². The SMILES string of the molecule is CC(=O)c1cn(CCCN2C3CCC2CC(CCc2ccccc2)C3)c2c(Cl)cccc12. The number of hydrogen-bond donors (Lipinski definition) is 0. The molecule has 0 saturated carbocycles. The van der Waals surface area contributed by atoms with Crippen molar-refractivity contribution >= 4 is 28.3 Å². The van der Waals surface area contributed by atoms with Gasteiger partial charge in [-0.1, -0.05) is 54.1 Å². The lowest BCUT2D eigenvalue weighted by atomic mass is 9.86. The molecule has 2 aliphatic rings. The van der Waals surface area contributed by atoms with Crippen LogP contribution in [0.1, 0.15) is 61.4 Å². The molecule has 4 heteroatoms. The van der Waals surface area contributed by atoms with Crippen molar-refractivity contribution < 1.29 is 4.79 Å². The number of ketones is 1. The number of fused-ring (bicyclic) bond motifs is 3. The van der Waals surface area contributed by atoms with E-state index >= 15 is 0 Å². The zero-order valence-corrected chi connectivity index (χ0v) is 19.7. The van der Waals surface area contributed by atoms with Crippen molar-refractivity contribution in [3.63, 3.8) is 0 Å². The number of aromatic nitrogens is 1. The molecule has 3 aromatic rings. The smallest absolute Gasteiger partial charge is 0.161 e. The summed E-state index contributed by atoms with van der Waals surface area (Å²) in [4.78, 5) is 14.9. The van der Waals surface area contributed by atoms with E-state index in [9.17, 15) is 4.79 Å². The molecule has 0 spiro atoms. The van der Waals surface area contributed by atoms with Gasteiger partial charge < -0.3 is 4.57 Å². The summed E-state index contributed by atoms with van der Waals surface area (Å²) in [5.41, 5.74) is 3.26. The summed E-state index contributed by atoms with van der Waals surface area (Å²) in [6.07, 6.45) is 11.1. The molecule has 2 aromatic carbocycles. The van der Waals surface area contributed by atoms with Gasteiger partial charge in [0.1, 0.15) is 0 Å². The number of aryl methyl sites for hydroxylation is 2. The lowest BCUT2D eigenvalue weighted by molar-refractivity contribution is 0.0978. The third kappa shape index (κ3) is 4.38. The number of carbonyl (C=O) groups excluding carboxylic acids is 1. The highest BCUT2D eigenvalue weighted by Crippen LogP contribution is 2.40. The van der Waals surface area contributed by atoms with Gasteiger partial charge >= 0.3 is 0 Å². The van der Waals surface area contributed by atoms with Gasteiger partial charge in [-0.2, -0.15) is 0 Å². The predicted molar refractivity (Wildman–Crippen MR) is 133 cm³/mol. The second kappa shape index (κ2) is 9.41. The minimum Gasteiger partial charge on any atom is -0.345 e. The fraction of sp³-hybridized carbons (Fsp3) is 0.464. The molecule has 0 aliphatic carbocycles. The zero-order valence-electron chi connectivity index (χ0n) is 19.0. The van der Waals surface area contributed by atoms with E-state index in [-0.39, 0.29) is 5.78 Å². The maximum Gasteiger partial charge on any atom is 0.161 e. The van der Waals surface area contributed by atoms with Gasteiger partial charge in [0, 0.05) is 42.3 Å². The van der Waals surface area contributed by atoms with Crippen molar-refractivity contribution in [3.8, 4) is 0 Å². The average Bonchev–Trinajstić information content (AvgIpc) is 3.28. The number of rotatable bonds is 8. The highest BCUT2D eigenvalue weighted by Gasteiger charge is 2.39. The Hall–Kier alpha value is -2.10. The summed E-state index contributed by atoms with van der Waals surface area (Å²) >= 11 is 6.51. The standard InChI is InChI=1S/C28H33ClN2O/c1-20(32)26-19-30(28-25(26)9-5-10-27(28)29)15-6-16-31-23-13-14-24(31)18-22(17-23)12-11-21-7-3-2-4-8-21/h2-5,7-10,19,22-24H,6,11-18H2,1H3. The summed E-state index contributed by atoms with van der Waals surface area (Å²) < 4.78 is 2.20. The third-order valence-electron chi connectivity index (χ3n) is 7.71. The number of hydrogen-bond acceptors (Lipinski definition) is 2. The normalized spacial score (nSPS) is 23.1. The number of para-hydroxylation sites is 1. The molecule has 1 aromatic heterocycles. The Morgan fingerprint density at radius 2 is 1.75 bits per heavy atom. The largest absolute Gasteiger partial charge is 0.345 e. The van der Waals surface area contributed by atoms with Gasteiger partial charge in [0.2, 0.25) is 0 Å². The predicted octanol–water partition coefficient (Wildman–Crippen LogP) is 6.76. The molecule has 0 radical (unpaired) electrons. The van der Waals surface area contributed by atoms with E-state index in [4.69, 9.17) is 11.6 Å². The number of carbonyl (C=O) groups is 1. The van der Waals surface area contributed by atoms with Gasteiger partial charge in [-0.05, 0) is 69.4 Å². The molecule has 2 unspecified atom stereocenters. The van der Waals surface area contributed by atoms with Crippen molar-refractivity contribution in [1.29, 1.82) is 0 Å². The minimum absolute atomic E-state index is 0.103. The van der Waals surface area contributed by atoms with Gasteiger partial charge in [0.25, 0.3) is 0 Å². The van der Waals surface area contributed by atoms with Crippen molar-refractivity contribution in [2.75, 3.05) is 6.54 Å². The monoisotopic (exact) mass is 448 g/mol. The Labute approximate surface area is 196 Å². The van der Waals surface area contributed by atoms with Crippen LogP contribution in [0.3, 0.4) is 0 Å². The maximum absolute atomic E-state index is 12.1. The summed E-state index contributed by atoms with van der Waals surface area (Å²) in [6, 6.07) is 18.3. The summed E-state index contributed by atoms with van der Waals surface area (Å²) in [5, 5.41) is 1.71. The molecule has 5 rings (SSSR count). The van der Waals surface area contributed by atoms with E-state index < -0.39 is 0 Å². The Balaban J connectivity index is 1.19. The summed E-state index contributed by atoms with van der Waals surface area (Å²) in [5.74, 6) is 0.973. The van der Waals surface area contributed by atoms with Crippen LogP contribution < -0.4 is 0 Å². The zero-order chi connectivity index (χ0) is 22.1. The van der Waals surface area contributed by atoms with Crippen LogP contribution in [0, 0.1) is 5.92 Å². The van der Waals surface area contributed by atoms with Crippen molar-refractivity contribution in [2.45, 2.75) is 70.5 Å². The van der Waals surface area contributed by atoms with Gasteiger partial charge in [0.15, 0.2) is 5.78 Å². The second-order valence-electron chi connectivity index (χ2n) is 9.77. The molecule has 168 valence electrons. The summed E-state index contributed by atoms with van der Waals surface area (Å²) in [7, 11) is 0. The maximum atomic E-state index is 12.1. The van der Waals surface area contributed by atoms with E-state index in [2.05, 4.69) is 39.8 Å². The molecule has 3 heterocycles. The molecule has 2 fully saturated rings.